The van der Waals surface area contributed by atoms with Crippen LogP contribution in [0.5, 0.6) is 5.75 Å². The third-order valence-corrected chi connectivity index (χ3v) is 3.91. The Hall–Kier alpha value is -1.68. The normalized spacial score (nSPS) is 10.4. The van der Waals surface area contributed by atoms with Gasteiger partial charge in [-0.25, -0.2) is 4.98 Å². The van der Waals surface area contributed by atoms with E-state index < -0.39 is 0 Å². The second-order valence-electron chi connectivity index (χ2n) is 4.11. The number of ether oxygens (including phenoxy) is 1. The van der Waals surface area contributed by atoms with Gasteiger partial charge >= 0.3 is 0 Å². The van der Waals surface area contributed by atoms with Crippen molar-refractivity contribution in [3.05, 3.63) is 45.4 Å². The molecule has 0 saturated carbocycles. The largest absolute Gasteiger partial charge is 0.497 e. The van der Waals surface area contributed by atoms with Gasteiger partial charge in [0.05, 0.1) is 22.7 Å². The van der Waals surface area contributed by atoms with E-state index in [1.54, 1.807) is 14.0 Å². The van der Waals surface area contributed by atoms with Crippen LogP contribution in [0.15, 0.2) is 24.3 Å². The molecule has 1 heterocycles. The van der Waals surface area contributed by atoms with E-state index in [4.69, 9.17) is 4.74 Å². The van der Waals surface area contributed by atoms with Crippen LogP contribution in [-0.4, -0.2) is 17.9 Å². The molecule has 2 rings (SSSR count). The maximum Gasteiger partial charge on any atom is 0.171 e. The molecule has 0 unspecified atom stereocenters. The summed E-state index contributed by atoms with van der Waals surface area (Å²) in [4.78, 5) is 16.6. The summed E-state index contributed by atoms with van der Waals surface area (Å²) in [7, 11) is 1.65. The second-order valence-corrected chi connectivity index (χ2v) is 5.19. The number of carbonyl (C=O) groups excluding carboxylic acids is 1. The average molecular weight is 261 g/mol. The van der Waals surface area contributed by atoms with Crippen molar-refractivity contribution < 1.29 is 9.53 Å². The van der Waals surface area contributed by atoms with Crippen molar-refractivity contribution >= 4 is 17.1 Å². The summed E-state index contributed by atoms with van der Waals surface area (Å²) >= 11 is 1.47. The van der Waals surface area contributed by atoms with Gasteiger partial charge in [-0.15, -0.1) is 11.3 Å². The van der Waals surface area contributed by atoms with E-state index in [9.17, 15) is 4.79 Å². The van der Waals surface area contributed by atoms with Crippen molar-refractivity contribution in [2.75, 3.05) is 7.11 Å². The Balaban J connectivity index is 2.23. The number of ketones is 1. The number of Topliss-reactive ketones (excluding diaryl/α,β-unsaturated/α-hetero) is 1. The quantitative estimate of drug-likeness (QED) is 0.793. The van der Waals surface area contributed by atoms with Gasteiger partial charge in [0.1, 0.15) is 5.75 Å². The molecule has 0 atom stereocenters. The highest BCUT2D eigenvalue weighted by Gasteiger charge is 2.11. The van der Waals surface area contributed by atoms with E-state index in [1.807, 2.05) is 31.2 Å². The molecule has 0 aliphatic carbocycles. The Kier molecular flexibility index (Phi) is 3.77. The summed E-state index contributed by atoms with van der Waals surface area (Å²) in [5.74, 6) is 0.925. The number of hydrogen-bond donors (Lipinski definition) is 0. The maximum atomic E-state index is 11.4. The number of hydrogen-bond acceptors (Lipinski definition) is 4. The van der Waals surface area contributed by atoms with E-state index in [2.05, 4.69) is 4.98 Å². The highest BCUT2D eigenvalue weighted by atomic mass is 32.1. The zero-order valence-corrected chi connectivity index (χ0v) is 11.5. The van der Waals surface area contributed by atoms with Crippen LogP contribution < -0.4 is 4.74 Å². The average Bonchev–Trinajstić information content (AvgIpc) is 2.70. The van der Waals surface area contributed by atoms with Crippen molar-refractivity contribution in [2.24, 2.45) is 0 Å². The summed E-state index contributed by atoms with van der Waals surface area (Å²) in [6, 6.07) is 7.90. The smallest absolute Gasteiger partial charge is 0.171 e. The molecule has 0 fully saturated rings. The lowest BCUT2D eigenvalue weighted by molar-refractivity contribution is 0.102. The molecule has 0 N–H and O–H groups in total. The Bertz CT molecular complexity index is 575. The van der Waals surface area contributed by atoms with Gasteiger partial charge in [-0.2, -0.15) is 0 Å². The van der Waals surface area contributed by atoms with Crippen LogP contribution in [0.25, 0.3) is 0 Å². The molecule has 0 bridgehead atoms. The molecule has 94 valence electrons. The van der Waals surface area contributed by atoms with Gasteiger partial charge in [0.2, 0.25) is 0 Å². The molecule has 0 aliphatic heterocycles. The van der Waals surface area contributed by atoms with E-state index >= 15 is 0 Å². The second kappa shape index (κ2) is 5.31. The van der Waals surface area contributed by atoms with Gasteiger partial charge in [0.25, 0.3) is 0 Å². The first-order chi connectivity index (χ1) is 8.60. The first-order valence-corrected chi connectivity index (χ1v) is 6.52. The summed E-state index contributed by atoms with van der Waals surface area (Å²) in [6.45, 7) is 3.46. The minimum Gasteiger partial charge on any atom is -0.497 e. The van der Waals surface area contributed by atoms with E-state index in [-0.39, 0.29) is 5.78 Å². The molecule has 0 radical (unpaired) electrons. The molecular weight excluding hydrogens is 246 g/mol. The Morgan fingerprint density at radius 2 is 2.22 bits per heavy atom. The van der Waals surface area contributed by atoms with E-state index in [0.29, 0.717) is 0 Å². The minimum absolute atomic E-state index is 0.0851. The molecule has 18 heavy (non-hydrogen) atoms. The lowest BCUT2D eigenvalue weighted by Gasteiger charge is -2.02. The fraction of sp³-hybridized carbons (Fsp3) is 0.286. The standard InChI is InChI=1S/C14H15NO2S/c1-9-14(10(2)16)18-13(15-9)8-11-5-4-6-12(7-11)17-3/h4-7H,8H2,1-3H3. The monoisotopic (exact) mass is 261 g/mol. The molecule has 0 saturated heterocycles. The van der Waals surface area contributed by atoms with Gasteiger partial charge in [0.15, 0.2) is 5.78 Å². The number of nitrogens with zero attached hydrogens (tertiary/aromatic N) is 1. The lowest BCUT2D eigenvalue weighted by atomic mass is 10.1. The predicted octanol–water partition coefficient (Wildman–Crippen LogP) is 3.25. The van der Waals surface area contributed by atoms with E-state index in [1.165, 1.54) is 11.3 Å². The minimum atomic E-state index is 0.0851. The van der Waals surface area contributed by atoms with Crippen LogP contribution in [0.4, 0.5) is 0 Å². The van der Waals surface area contributed by atoms with Crippen molar-refractivity contribution in [3.63, 3.8) is 0 Å². The number of methoxy groups -OCH3 is 1. The van der Waals surface area contributed by atoms with Gasteiger partial charge in [-0.05, 0) is 24.6 Å². The molecule has 4 heteroatoms. The summed E-state index contributed by atoms with van der Waals surface area (Å²) < 4.78 is 5.19. The Morgan fingerprint density at radius 1 is 1.44 bits per heavy atom. The van der Waals surface area contributed by atoms with E-state index in [0.717, 1.165) is 33.3 Å². The molecule has 1 aromatic carbocycles. The number of carbonyl (C=O) groups is 1. The van der Waals surface area contributed by atoms with Crippen molar-refractivity contribution in [2.45, 2.75) is 20.3 Å². The van der Waals surface area contributed by atoms with Crippen LogP contribution in [0.2, 0.25) is 0 Å². The Labute approximate surface area is 110 Å². The molecule has 2 aromatic rings. The summed E-state index contributed by atoms with van der Waals surface area (Å²) in [5, 5.41) is 0.964. The van der Waals surface area contributed by atoms with Crippen molar-refractivity contribution in [1.82, 2.24) is 4.98 Å². The van der Waals surface area contributed by atoms with Crippen LogP contribution >= 0.6 is 11.3 Å². The predicted molar refractivity (Wildman–Crippen MR) is 72.7 cm³/mol. The lowest BCUT2D eigenvalue weighted by Crippen LogP contribution is -1.90. The molecular formula is C14H15NO2S. The van der Waals surface area contributed by atoms with Crippen molar-refractivity contribution in [1.29, 1.82) is 0 Å². The fourth-order valence-electron chi connectivity index (χ4n) is 1.81. The number of aromatic nitrogens is 1. The summed E-state index contributed by atoms with van der Waals surface area (Å²) in [5.41, 5.74) is 1.96. The number of aryl methyl sites for hydroxylation is 1. The van der Waals surface area contributed by atoms with Crippen LogP contribution in [0, 0.1) is 6.92 Å². The fourth-order valence-corrected chi connectivity index (χ4v) is 2.81. The topological polar surface area (TPSA) is 39.2 Å². The molecule has 1 aromatic heterocycles. The molecule has 0 spiro atoms. The third-order valence-electron chi connectivity index (χ3n) is 2.65. The molecule has 3 nitrogen and oxygen atoms in total. The first kappa shape index (κ1) is 12.8. The molecule has 0 amide bonds. The molecule has 0 aliphatic rings. The zero-order valence-electron chi connectivity index (χ0n) is 10.7. The van der Waals surface area contributed by atoms with Gasteiger partial charge in [0, 0.05) is 13.3 Å². The van der Waals surface area contributed by atoms with Crippen molar-refractivity contribution in [3.8, 4) is 5.75 Å². The number of benzene rings is 1. The maximum absolute atomic E-state index is 11.4. The van der Waals surface area contributed by atoms with Gasteiger partial charge in [-0.1, -0.05) is 12.1 Å². The highest BCUT2D eigenvalue weighted by molar-refractivity contribution is 7.13. The first-order valence-electron chi connectivity index (χ1n) is 5.70. The van der Waals surface area contributed by atoms with Crippen LogP contribution in [0.1, 0.15) is 32.9 Å². The zero-order chi connectivity index (χ0) is 13.1. The van der Waals surface area contributed by atoms with Gasteiger partial charge < -0.3 is 4.74 Å². The highest BCUT2D eigenvalue weighted by Crippen LogP contribution is 2.22. The van der Waals surface area contributed by atoms with Gasteiger partial charge in [-0.3, -0.25) is 4.79 Å². The number of rotatable bonds is 4. The summed E-state index contributed by atoms with van der Waals surface area (Å²) in [6.07, 6.45) is 0.732. The number of thiazole rings is 1. The van der Waals surface area contributed by atoms with Crippen LogP contribution in [-0.2, 0) is 6.42 Å². The third kappa shape index (κ3) is 2.76. The Morgan fingerprint density at radius 3 is 2.83 bits per heavy atom. The van der Waals surface area contributed by atoms with Crippen LogP contribution in [0.3, 0.4) is 0 Å². The SMILES string of the molecule is COc1cccc(Cc2nc(C)c(C(C)=O)s2)c1.